The largest absolute Gasteiger partial charge is 0.416 e. The van der Waals surface area contributed by atoms with Crippen molar-refractivity contribution >= 4 is 45.4 Å². The van der Waals surface area contributed by atoms with Crippen molar-refractivity contribution in [2.24, 2.45) is 0 Å². The van der Waals surface area contributed by atoms with E-state index >= 15 is 0 Å². The Morgan fingerprint density at radius 2 is 1.49 bits per heavy atom. The van der Waals surface area contributed by atoms with E-state index in [2.05, 4.69) is 10.4 Å². The van der Waals surface area contributed by atoms with Crippen LogP contribution in [0.4, 0.5) is 26.3 Å². The fourth-order valence-electron chi connectivity index (χ4n) is 5.06. The molecule has 0 aliphatic rings. The highest BCUT2D eigenvalue weighted by atomic mass is 32.2. The van der Waals surface area contributed by atoms with Gasteiger partial charge in [0.15, 0.2) is 5.16 Å². The van der Waals surface area contributed by atoms with Crippen LogP contribution in [0.25, 0.3) is 21.8 Å². The molecule has 2 amide bonds. The molecule has 234 valence electrons. The van der Waals surface area contributed by atoms with Crippen LogP contribution in [-0.2, 0) is 23.6 Å². The van der Waals surface area contributed by atoms with Gasteiger partial charge in [-0.15, -0.1) is 0 Å². The van der Waals surface area contributed by atoms with Crippen LogP contribution in [-0.4, -0.2) is 45.7 Å². The molecule has 4 aromatic carbocycles. The Kier molecular flexibility index (Phi) is 8.83. The normalized spacial score (nSPS) is 12.8. The molecule has 13 heteroatoms. The van der Waals surface area contributed by atoms with Crippen molar-refractivity contribution < 1.29 is 35.9 Å². The highest BCUT2D eigenvalue weighted by Gasteiger charge is 2.38. The second-order valence-corrected chi connectivity index (χ2v) is 11.2. The highest BCUT2D eigenvalue weighted by Crippen LogP contribution is 2.37. The van der Waals surface area contributed by atoms with Gasteiger partial charge < -0.3 is 4.90 Å². The summed E-state index contributed by atoms with van der Waals surface area (Å²) in [7, 11) is 1.26. The molecule has 1 atom stereocenters. The third-order valence-corrected chi connectivity index (χ3v) is 8.00. The van der Waals surface area contributed by atoms with Gasteiger partial charge in [-0.2, -0.15) is 26.3 Å². The summed E-state index contributed by atoms with van der Waals surface area (Å²) in [5.74, 6) is -1.64. The zero-order chi connectivity index (χ0) is 32.5. The lowest BCUT2D eigenvalue weighted by Gasteiger charge is -2.29. The first-order valence-corrected chi connectivity index (χ1v) is 14.8. The maximum absolute atomic E-state index is 13.6. The maximum Gasteiger partial charge on any atom is 0.416 e. The number of carbonyl (C=O) groups excluding carboxylic acids is 2. The van der Waals surface area contributed by atoms with Crippen LogP contribution in [0.15, 0.2) is 90.1 Å². The van der Waals surface area contributed by atoms with Gasteiger partial charge in [-0.1, -0.05) is 66.4 Å². The number of fused-ring (bicyclic) bond motifs is 2. The number of amides is 2. The van der Waals surface area contributed by atoms with Gasteiger partial charge in [0.2, 0.25) is 5.91 Å². The lowest BCUT2D eigenvalue weighted by molar-refractivity contribution is -0.143. The molecular weight excluding hydrogens is 618 g/mol. The molecule has 5 rings (SSSR count). The summed E-state index contributed by atoms with van der Waals surface area (Å²) < 4.78 is 82.8. The van der Waals surface area contributed by atoms with Crippen LogP contribution in [0, 0.1) is 0 Å². The number of aromatic nitrogens is 2. The number of thioether (sulfide) groups is 1. The monoisotopic (exact) mass is 644 g/mol. The van der Waals surface area contributed by atoms with Crippen molar-refractivity contribution in [3.63, 3.8) is 0 Å². The van der Waals surface area contributed by atoms with E-state index < -0.39 is 46.9 Å². The molecule has 1 aromatic heterocycles. The molecule has 0 fully saturated rings. The zero-order valence-corrected chi connectivity index (χ0v) is 24.7. The van der Waals surface area contributed by atoms with Crippen molar-refractivity contribution in [1.82, 2.24) is 14.6 Å². The van der Waals surface area contributed by atoms with Gasteiger partial charge in [0.05, 0.1) is 22.2 Å². The molecule has 0 radical (unpaired) electrons. The summed E-state index contributed by atoms with van der Waals surface area (Å²) in [6, 6.07) is 19.9. The first kappa shape index (κ1) is 31.9. The number of imidazole rings is 1. The number of nitrogens with zero attached hydrogens (tertiary/aromatic N) is 3. The lowest BCUT2D eigenvalue weighted by Crippen LogP contribution is -2.42. The van der Waals surface area contributed by atoms with Crippen molar-refractivity contribution in [2.75, 3.05) is 18.7 Å². The number of halogens is 6. The Morgan fingerprint density at radius 1 is 0.867 bits per heavy atom. The highest BCUT2D eigenvalue weighted by molar-refractivity contribution is 7.98. The van der Waals surface area contributed by atoms with Crippen LogP contribution < -0.4 is 5.43 Å². The number of nitrogens with one attached hydrogen (secondary N) is 1. The average Bonchev–Trinajstić information content (AvgIpc) is 3.36. The number of para-hydroxylation sites is 2. The molecule has 1 unspecified atom stereocenters. The predicted octanol–water partition coefficient (Wildman–Crippen LogP) is 7.79. The Labute approximate surface area is 258 Å². The van der Waals surface area contributed by atoms with Crippen LogP contribution in [0.1, 0.15) is 33.5 Å². The van der Waals surface area contributed by atoms with E-state index in [9.17, 15) is 35.9 Å². The van der Waals surface area contributed by atoms with Crippen molar-refractivity contribution in [1.29, 1.82) is 0 Å². The number of alkyl halides is 6. The first-order chi connectivity index (χ1) is 21.2. The Balaban J connectivity index is 1.49. The fourth-order valence-corrected chi connectivity index (χ4v) is 5.58. The summed E-state index contributed by atoms with van der Waals surface area (Å²) in [6.45, 7) is 0. The predicted molar refractivity (Wildman–Crippen MR) is 160 cm³/mol. The third-order valence-electron chi connectivity index (χ3n) is 7.36. The van der Waals surface area contributed by atoms with Crippen molar-refractivity contribution in [3.8, 4) is 0 Å². The molecule has 0 bridgehead atoms. The molecule has 45 heavy (non-hydrogen) atoms. The van der Waals surface area contributed by atoms with E-state index in [0.717, 1.165) is 15.7 Å². The molecule has 0 aliphatic carbocycles. The number of rotatable bonds is 8. The Morgan fingerprint density at radius 3 is 2.13 bits per heavy atom. The minimum atomic E-state index is -5.12. The molecule has 5 aromatic rings. The second-order valence-electron chi connectivity index (χ2n) is 10.4. The molecule has 1 N–H and O–H groups in total. The quantitative estimate of drug-likeness (QED) is 0.138. The second kappa shape index (κ2) is 12.5. The lowest BCUT2D eigenvalue weighted by atomic mass is 9.97. The van der Waals surface area contributed by atoms with Gasteiger partial charge in [-0.25, -0.2) is 9.66 Å². The number of benzene rings is 4. The van der Waals surface area contributed by atoms with E-state index in [-0.39, 0.29) is 18.9 Å². The molecule has 0 saturated heterocycles. The molecule has 0 saturated carbocycles. The molecular formula is C32H26F6N4O2S. The van der Waals surface area contributed by atoms with Gasteiger partial charge in [0.25, 0.3) is 5.91 Å². The minimum absolute atomic E-state index is 0.0322. The van der Waals surface area contributed by atoms with Crippen LogP contribution >= 0.6 is 11.8 Å². The van der Waals surface area contributed by atoms with Crippen LogP contribution in [0.5, 0.6) is 0 Å². The number of hydrogen-bond donors (Lipinski definition) is 1. The van der Waals surface area contributed by atoms with E-state index in [1.54, 1.807) is 36.6 Å². The number of likely N-dealkylation sites (N-methyl/N-ethyl adjacent to an activating group) is 1. The van der Waals surface area contributed by atoms with Crippen LogP contribution in [0.2, 0.25) is 0 Å². The van der Waals surface area contributed by atoms with Gasteiger partial charge >= 0.3 is 12.4 Å². The first-order valence-electron chi connectivity index (χ1n) is 13.6. The minimum Gasteiger partial charge on any atom is -0.338 e. The Bertz CT molecular complexity index is 1850. The molecule has 0 spiro atoms. The SMILES string of the molecule is CSc1nc2ccccc2n1NC(=O)CC(Cc1ccc2ccccc2c1)N(C)C(=O)c1cc(C(F)(F)F)cc(C(F)(F)F)c1. The number of carbonyl (C=O) groups is 2. The molecule has 1 heterocycles. The Hall–Kier alpha value is -4.52. The molecule has 0 aliphatic heterocycles. The van der Waals surface area contributed by atoms with Gasteiger partial charge in [-0.3, -0.25) is 15.0 Å². The van der Waals surface area contributed by atoms with Crippen molar-refractivity contribution in [3.05, 3.63) is 107 Å². The summed E-state index contributed by atoms with van der Waals surface area (Å²) >= 11 is 1.29. The zero-order valence-electron chi connectivity index (χ0n) is 23.9. The van der Waals surface area contributed by atoms with E-state index in [4.69, 9.17) is 0 Å². The van der Waals surface area contributed by atoms with E-state index in [0.29, 0.717) is 33.9 Å². The maximum atomic E-state index is 13.6. The van der Waals surface area contributed by atoms with E-state index in [1.165, 1.54) is 23.5 Å². The fraction of sp³-hybridized carbons (Fsp3) is 0.219. The summed E-state index contributed by atoms with van der Waals surface area (Å²) in [5, 5.41) is 2.32. The smallest absolute Gasteiger partial charge is 0.338 e. The topological polar surface area (TPSA) is 67.2 Å². The van der Waals surface area contributed by atoms with Crippen molar-refractivity contribution in [2.45, 2.75) is 36.4 Å². The van der Waals surface area contributed by atoms with Gasteiger partial charge in [0.1, 0.15) is 0 Å². The standard InChI is InChI=1S/C32H26F6N4O2S/c1-41(29(44)22-15-23(31(33,34)35)17-24(16-22)32(36,37)38)25(14-19-11-12-20-7-3-4-8-21(20)13-19)18-28(43)40-42-27-10-6-5-9-26(27)39-30(42)45-2/h3-13,15-17,25H,14,18H2,1-2H3,(H,40,43). The van der Waals surface area contributed by atoms with Crippen LogP contribution in [0.3, 0.4) is 0 Å². The third kappa shape index (κ3) is 7.08. The van der Waals surface area contributed by atoms with E-state index in [1.807, 2.05) is 36.4 Å². The summed E-state index contributed by atoms with van der Waals surface area (Å²) in [6.07, 6.45) is -8.70. The number of hydrogen-bond acceptors (Lipinski definition) is 4. The van der Waals surface area contributed by atoms with Gasteiger partial charge in [0, 0.05) is 25.1 Å². The van der Waals surface area contributed by atoms with Gasteiger partial charge in [-0.05, 0) is 59.3 Å². The summed E-state index contributed by atoms with van der Waals surface area (Å²) in [5.41, 5.74) is 0.742. The molecule has 6 nitrogen and oxygen atoms in total. The summed E-state index contributed by atoms with van der Waals surface area (Å²) in [4.78, 5) is 32.5. The average molecular weight is 645 g/mol.